The largest absolute Gasteiger partial charge is 0.261 e. The molecule has 2 nitrogen and oxygen atoms in total. The van der Waals surface area contributed by atoms with Crippen LogP contribution in [0.3, 0.4) is 0 Å². The molecule has 1 aromatic rings. The van der Waals surface area contributed by atoms with Gasteiger partial charge in [0.1, 0.15) is 5.67 Å². The zero-order valence-corrected chi connectivity index (χ0v) is 10.9. The lowest BCUT2D eigenvalue weighted by atomic mass is 9.95. The first-order valence-corrected chi connectivity index (χ1v) is 7.93. The van der Waals surface area contributed by atoms with Crippen molar-refractivity contribution >= 4 is 19.7 Å². The lowest BCUT2D eigenvalue weighted by Crippen LogP contribution is -2.21. The van der Waals surface area contributed by atoms with Crippen LogP contribution in [-0.4, -0.2) is 14.1 Å². The second-order valence-electron chi connectivity index (χ2n) is 4.62. The van der Waals surface area contributed by atoms with Crippen LogP contribution >= 0.6 is 10.7 Å². The Kier molecular flexibility index (Phi) is 3.46. The first kappa shape index (κ1) is 12.8. The van der Waals surface area contributed by atoms with Crippen molar-refractivity contribution in [1.29, 1.82) is 0 Å². The number of benzene rings is 1. The maximum absolute atomic E-state index is 14.2. The standard InChI is InChI=1S/C12H14ClFO2S/c13-17(15,16)11-5-3-4-10(8-11)9-12(14)6-1-2-7-12/h3-5,8H,1-2,6-7,9H2. The van der Waals surface area contributed by atoms with Crippen molar-refractivity contribution in [3.63, 3.8) is 0 Å². The minimum Gasteiger partial charge on any atom is -0.244 e. The van der Waals surface area contributed by atoms with Gasteiger partial charge in [-0.15, -0.1) is 0 Å². The van der Waals surface area contributed by atoms with Gasteiger partial charge >= 0.3 is 0 Å². The topological polar surface area (TPSA) is 34.1 Å². The van der Waals surface area contributed by atoms with Gasteiger partial charge in [0.15, 0.2) is 0 Å². The molecule has 0 heterocycles. The van der Waals surface area contributed by atoms with Crippen molar-refractivity contribution in [2.24, 2.45) is 0 Å². The van der Waals surface area contributed by atoms with E-state index in [9.17, 15) is 12.8 Å². The van der Waals surface area contributed by atoms with Crippen LogP contribution in [0.1, 0.15) is 31.2 Å². The molecule has 1 fully saturated rings. The Hall–Kier alpha value is -0.610. The molecule has 0 spiro atoms. The van der Waals surface area contributed by atoms with E-state index < -0.39 is 14.7 Å². The second-order valence-corrected chi connectivity index (χ2v) is 7.19. The smallest absolute Gasteiger partial charge is 0.244 e. The highest BCUT2D eigenvalue weighted by atomic mass is 35.7. The molecule has 0 atom stereocenters. The molecule has 1 aromatic carbocycles. The summed E-state index contributed by atoms with van der Waals surface area (Å²) in [6, 6.07) is 6.22. The Morgan fingerprint density at radius 2 is 1.94 bits per heavy atom. The highest BCUT2D eigenvalue weighted by Gasteiger charge is 2.33. The summed E-state index contributed by atoms with van der Waals surface area (Å²) < 4.78 is 36.6. The van der Waals surface area contributed by atoms with E-state index in [2.05, 4.69) is 0 Å². The van der Waals surface area contributed by atoms with Crippen molar-refractivity contribution < 1.29 is 12.8 Å². The highest BCUT2D eigenvalue weighted by Crippen LogP contribution is 2.36. The molecule has 0 N–H and O–H groups in total. The van der Waals surface area contributed by atoms with Crippen LogP contribution < -0.4 is 0 Å². The van der Waals surface area contributed by atoms with Gasteiger partial charge in [0.25, 0.3) is 9.05 Å². The van der Waals surface area contributed by atoms with E-state index in [4.69, 9.17) is 10.7 Å². The van der Waals surface area contributed by atoms with Gasteiger partial charge in [-0.3, -0.25) is 0 Å². The first-order chi connectivity index (χ1) is 7.89. The molecule has 0 aromatic heterocycles. The van der Waals surface area contributed by atoms with E-state index in [1.807, 2.05) is 0 Å². The molecule has 1 saturated carbocycles. The maximum atomic E-state index is 14.2. The fraction of sp³-hybridized carbons (Fsp3) is 0.500. The summed E-state index contributed by atoms with van der Waals surface area (Å²) in [5, 5.41) is 0. The molecule has 0 unspecified atom stereocenters. The van der Waals surface area contributed by atoms with Crippen LogP contribution in [0, 0.1) is 0 Å². The molecule has 17 heavy (non-hydrogen) atoms. The molecule has 94 valence electrons. The summed E-state index contributed by atoms with van der Waals surface area (Å²) in [6.07, 6.45) is 3.21. The van der Waals surface area contributed by atoms with Gasteiger partial charge in [-0.25, -0.2) is 12.8 Å². The molecule has 0 bridgehead atoms. The average Bonchev–Trinajstić information content (AvgIpc) is 2.64. The van der Waals surface area contributed by atoms with E-state index in [0.717, 1.165) is 12.8 Å². The van der Waals surface area contributed by atoms with Gasteiger partial charge in [0.2, 0.25) is 0 Å². The minimum atomic E-state index is -3.73. The summed E-state index contributed by atoms with van der Waals surface area (Å²) in [6.45, 7) is 0. The normalized spacial score (nSPS) is 19.4. The lowest BCUT2D eigenvalue weighted by molar-refractivity contribution is 0.173. The SMILES string of the molecule is O=S(=O)(Cl)c1cccc(CC2(F)CCCC2)c1. The average molecular weight is 277 g/mol. The number of hydrogen-bond acceptors (Lipinski definition) is 2. The number of hydrogen-bond donors (Lipinski definition) is 0. The van der Waals surface area contributed by atoms with Crippen LogP contribution in [0.25, 0.3) is 0 Å². The summed E-state index contributed by atoms with van der Waals surface area (Å²) in [7, 11) is 1.53. The van der Waals surface area contributed by atoms with Crippen molar-refractivity contribution in [1.82, 2.24) is 0 Å². The van der Waals surface area contributed by atoms with E-state index >= 15 is 0 Å². The molecule has 0 aliphatic heterocycles. The Balaban J connectivity index is 2.22. The third-order valence-corrected chi connectivity index (χ3v) is 4.55. The third-order valence-electron chi connectivity index (χ3n) is 3.20. The Morgan fingerprint density at radius 3 is 2.53 bits per heavy atom. The van der Waals surface area contributed by atoms with Gasteiger partial charge in [-0.2, -0.15) is 0 Å². The summed E-state index contributed by atoms with van der Waals surface area (Å²) in [5.41, 5.74) is -0.481. The highest BCUT2D eigenvalue weighted by molar-refractivity contribution is 8.13. The molecular formula is C12H14ClFO2S. The van der Waals surface area contributed by atoms with Crippen LogP contribution in [0.4, 0.5) is 4.39 Å². The van der Waals surface area contributed by atoms with Crippen molar-refractivity contribution in [2.45, 2.75) is 42.7 Å². The molecule has 1 aliphatic carbocycles. The van der Waals surface area contributed by atoms with Crippen LogP contribution in [0.15, 0.2) is 29.2 Å². The van der Waals surface area contributed by atoms with E-state index in [-0.39, 0.29) is 11.3 Å². The van der Waals surface area contributed by atoms with Gasteiger partial charge in [0.05, 0.1) is 4.90 Å². The molecule has 0 radical (unpaired) electrons. The quantitative estimate of drug-likeness (QED) is 0.793. The van der Waals surface area contributed by atoms with Crippen LogP contribution in [0.2, 0.25) is 0 Å². The van der Waals surface area contributed by atoms with Crippen LogP contribution in [-0.2, 0) is 15.5 Å². The Labute approximate surface area is 105 Å². The number of alkyl halides is 1. The monoisotopic (exact) mass is 276 g/mol. The van der Waals surface area contributed by atoms with E-state index in [1.54, 1.807) is 12.1 Å². The molecule has 2 rings (SSSR count). The number of rotatable bonds is 3. The summed E-state index contributed by atoms with van der Waals surface area (Å²) >= 11 is 0. The summed E-state index contributed by atoms with van der Waals surface area (Å²) in [5.74, 6) is 0. The fourth-order valence-corrected chi connectivity index (χ4v) is 3.18. The predicted molar refractivity (Wildman–Crippen MR) is 65.5 cm³/mol. The van der Waals surface area contributed by atoms with E-state index in [0.29, 0.717) is 18.4 Å². The third kappa shape index (κ3) is 3.19. The van der Waals surface area contributed by atoms with Crippen molar-refractivity contribution in [3.05, 3.63) is 29.8 Å². The molecule has 0 amide bonds. The molecule has 0 saturated heterocycles. The van der Waals surface area contributed by atoms with Gasteiger partial charge in [0, 0.05) is 17.1 Å². The lowest BCUT2D eigenvalue weighted by Gasteiger charge is -2.18. The van der Waals surface area contributed by atoms with Gasteiger partial charge in [-0.05, 0) is 30.5 Å². The zero-order valence-electron chi connectivity index (χ0n) is 9.33. The molecular weight excluding hydrogens is 263 g/mol. The predicted octanol–water partition coefficient (Wildman–Crippen LogP) is 3.44. The minimum absolute atomic E-state index is 0.0401. The summed E-state index contributed by atoms with van der Waals surface area (Å²) in [4.78, 5) is 0.0401. The zero-order chi connectivity index (χ0) is 12.5. The van der Waals surface area contributed by atoms with Crippen molar-refractivity contribution in [3.8, 4) is 0 Å². The van der Waals surface area contributed by atoms with Crippen molar-refractivity contribution in [2.75, 3.05) is 0 Å². The fourth-order valence-electron chi connectivity index (χ4n) is 2.36. The number of halogens is 2. The molecule has 1 aliphatic rings. The Morgan fingerprint density at radius 1 is 1.29 bits per heavy atom. The van der Waals surface area contributed by atoms with Gasteiger partial charge in [-0.1, -0.05) is 25.0 Å². The Bertz CT molecular complexity index is 507. The van der Waals surface area contributed by atoms with E-state index in [1.165, 1.54) is 12.1 Å². The maximum Gasteiger partial charge on any atom is 0.261 e. The molecule has 5 heteroatoms. The van der Waals surface area contributed by atoms with Gasteiger partial charge < -0.3 is 0 Å². The first-order valence-electron chi connectivity index (χ1n) is 5.62. The van der Waals surface area contributed by atoms with Crippen LogP contribution in [0.5, 0.6) is 0 Å². The second kappa shape index (κ2) is 4.58.